The van der Waals surface area contributed by atoms with Crippen molar-refractivity contribution in [2.45, 2.75) is 19.8 Å². The van der Waals surface area contributed by atoms with Gasteiger partial charge in [0, 0.05) is 6.54 Å². The number of carboxylic acids is 1. The van der Waals surface area contributed by atoms with Crippen molar-refractivity contribution in [1.29, 1.82) is 0 Å². The van der Waals surface area contributed by atoms with Crippen molar-refractivity contribution >= 4 is 11.8 Å². The number of anilines is 1. The fourth-order valence-corrected chi connectivity index (χ4v) is 1.91. The van der Waals surface area contributed by atoms with Crippen molar-refractivity contribution in [3.63, 3.8) is 0 Å². The predicted molar refractivity (Wildman–Crippen MR) is 69.7 cm³/mol. The first-order chi connectivity index (χ1) is 8.61. The molecule has 0 saturated heterocycles. The summed E-state index contributed by atoms with van der Waals surface area (Å²) >= 11 is 0. The molecule has 1 heterocycles. The molecule has 1 aromatic rings. The van der Waals surface area contributed by atoms with E-state index in [4.69, 9.17) is 11.5 Å². The van der Waals surface area contributed by atoms with E-state index in [0.29, 0.717) is 18.2 Å². The van der Waals surface area contributed by atoms with Crippen LogP contribution in [0.4, 0.5) is 5.82 Å². The second-order valence-electron chi connectivity index (χ2n) is 4.64. The second kappa shape index (κ2) is 5.09. The number of hydrogen-bond acceptors (Lipinski definition) is 3. The number of aromatic carboxylic acids is 1. The first kappa shape index (κ1) is 12.4. The van der Waals surface area contributed by atoms with Crippen molar-refractivity contribution in [1.82, 2.24) is 4.98 Å². The number of aryl methyl sites for hydroxylation is 1. The van der Waals surface area contributed by atoms with E-state index in [1.54, 1.807) is 19.1 Å². The van der Waals surface area contributed by atoms with E-state index < -0.39 is 5.97 Å². The fourth-order valence-electron chi connectivity index (χ4n) is 1.91. The topological polar surface area (TPSA) is 53.4 Å². The van der Waals surface area contributed by atoms with Gasteiger partial charge in [-0.1, -0.05) is 5.92 Å². The highest BCUT2D eigenvalue weighted by Crippen LogP contribution is 2.31. The van der Waals surface area contributed by atoms with Gasteiger partial charge in [0.05, 0.1) is 17.8 Å². The van der Waals surface area contributed by atoms with Gasteiger partial charge in [-0.2, -0.15) is 0 Å². The van der Waals surface area contributed by atoms with Crippen LogP contribution in [0.15, 0.2) is 12.1 Å². The van der Waals surface area contributed by atoms with Gasteiger partial charge < -0.3 is 10.0 Å². The third-order valence-electron chi connectivity index (χ3n) is 3.08. The maximum absolute atomic E-state index is 10.9. The van der Waals surface area contributed by atoms with Crippen LogP contribution < -0.4 is 4.90 Å². The average molecular weight is 244 g/mol. The van der Waals surface area contributed by atoms with Crippen LogP contribution in [0.1, 0.15) is 28.9 Å². The molecule has 1 N–H and O–H groups in total. The molecule has 0 bridgehead atoms. The van der Waals surface area contributed by atoms with Crippen molar-refractivity contribution in [2.75, 3.05) is 18.0 Å². The molecular formula is C14H16N2O2. The van der Waals surface area contributed by atoms with Crippen molar-refractivity contribution < 1.29 is 9.90 Å². The van der Waals surface area contributed by atoms with Gasteiger partial charge in [-0.25, -0.2) is 9.78 Å². The molecule has 1 aliphatic rings. The molecule has 4 heteroatoms. The Morgan fingerprint density at radius 3 is 2.83 bits per heavy atom. The Morgan fingerprint density at radius 2 is 2.33 bits per heavy atom. The monoisotopic (exact) mass is 244 g/mol. The standard InChI is InChI=1S/C14H16N2O2/c1-3-8-16(9-11-4-5-11)13-7-6-12(14(17)18)10(2)15-13/h1,6-7,11H,4-5,8-9H2,2H3,(H,17,18). The largest absolute Gasteiger partial charge is 0.478 e. The third kappa shape index (κ3) is 2.80. The Bertz CT molecular complexity index is 501. The van der Waals surface area contributed by atoms with Crippen LogP contribution in [0.5, 0.6) is 0 Å². The number of rotatable bonds is 5. The molecule has 1 fully saturated rings. The lowest BCUT2D eigenvalue weighted by Gasteiger charge is -2.21. The Morgan fingerprint density at radius 1 is 1.61 bits per heavy atom. The van der Waals surface area contributed by atoms with Crippen LogP contribution in [0.3, 0.4) is 0 Å². The summed E-state index contributed by atoms with van der Waals surface area (Å²) in [6.45, 7) is 3.12. The average Bonchev–Trinajstić information content (AvgIpc) is 3.11. The van der Waals surface area contributed by atoms with Crippen LogP contribution in [0.2, 0.25) is 0 Å². The van der Waals surface area contributed by atoms with E-state index in [2.05, 4.69) is 10.9 Å². The summed E-state index contributed by atoms with van der Waals surface area (Å²) in [5, 5.41) is 8.97. The number of carboxylic acid groups (broad SMARTS) is 1. The van der Waals surface area contributed by atoms with E-state index in [-0.39, 0.29) is 5.56 Å². The Labute approximate surface area is 107 Å². The quantitative estimate of drug-likeness (QED) is 0.804. The van der Waals surface area contributed by atoms with Gasteiger partial charge in [0.15, 0.2) is 0 Å². The molecule has 4 nitrogen and oxygen atoms in total. The number of aromatic nitrogens is 1. The highest BCUT2D eigenvalue weighted by Gasteiger charge is 2.25. The summed E-state index contributed by atoms with van der Waals surface area (Å²) < 4.78 is 0. The fraction of sp³-hybridized carbons (Fsp3) is 0.429. The number of hydrogen-bond donors (Lipinski definition) is 1. The minimum absolute atomic E-state index is 0.242. The molecule has 2 rings (SSSR count). The molecule has 1 aromatic heterocycles. The van der Waals surface area contributed by atoms with Crippen molar-refractivity contribution in [3.05, 3.63) is 23.4 Å². The Kier molecular flexibility index (Phi) is 3.52. The van der Waals surface area contributed by atoms with Gasteiger partial charge in [0.25, 0.3) is 0 Å². The van der Waals surface area contributed by atoms with Crippen LogP contribution in [0.25, 0.3) is 0 Å². The molecule has 0 amide bonds. The van der Waals surface area contributed by atoms with E-state index >= 15 is 0 Å². The van der Waals surface area contributed by atoms with E-state index in [1.807, 2.05) is 4.90 Å². The van der Waals surface area contributed by atoms with Gasteiger partial charge in [-0.3, -0.25) is 0 Å². The van der Waals surface area contributed by atoms with E-state index in [0.717, 1.165) is 12.4 Å². The Balaban J connectivity index is 2.21. The molecule has 0 atom stereocenters. The summed E-state index contributed by atoms with van der Waals surface area (Å²) in [6.07, 6.45) is 7.85. The highest BCUT2D eigenvalue weighted by atomic mass is 16.4. The number of pyridine rings is 1. The maximum atomic E-state index is 10.9. The molecule has 0 radical (unpaired) electrons. The second-order valence-corrected chi connectivity index (χ2v) is 4.64. The zero-order valence-corrected chi connectivity index (χ0v) is 10.4. The van der Waals surface area contributed by atoms with Gasteiger partial charge in [0.2, 0.25) is 0 Å². The van der Waals surface area contributed by atoms with Gasteiger partial charge in [0.1, 0.15) is 5.82 Å². The normalized spacial score (nSPS) is 14.0. The lowest BCUT2D eigenvalue weighted by molar-refractivity contribution is 0.0695. The van der Waals surface area contributed by atoms with Gasteiger partial charge in [-0.15, -0.1) is 6.42 Å². The zero-order valence-electron chi connectivity index (χ0n) is 10.4. The molecule has 0 aromatic carbocycles. The first-order valence-electron chi connectivity index (χ1n) is 6.01. The first-order valence-corrected chi connectivity index (χ1v) is 6.01. The van der Waals surface area contributed by atoms with Crippen LogP contribution in [-0.4, -0.2) is 29.1 Å². The summed E-state index contributed by atoms with van der Waals surface area (Å²) in [4.78, 5) is 17.3. The molecule has 1 aliphatic carbocycles. The predicted octanol–water partition coefficient (Wildman–Crippen LogP) is 1.94. The Hall–Kier alpha value is -2.02. The summed E-state index contributed by atoms with van der Waals surface area (Å²) in [5.74, 6) is 3.15. The summed E-state index contributed by atoms with van der Waals surface area (Å²) in [6, 6.07) is 3.33. The lowest BCUT2D eigenvalue weighted by atomic mass is 10.2. The molecule has 1 saturated carbocycles. The summed E-state index contributed by atoms with van der Waals surface area (Å²) in [7, 11) is 0. The van der Waals surface area contributed by atoms with E-state index in [9.17, 15) is 4.79 Å². The van der Waals surface area contributed by atoms with Crippen LogP contribution >= 0.6 is 0 Å². The minimum Gasteiger partial charge on any atom is -0.478 e. The van der Waals surface area contributed by atoms with Crippen LogP contribution in [-0.2, 0) is 0 Å². The number of nitrogens with zero attached hydrogens (tertiary/aromatic N) is 2. The molecule has 94 valence electrons. The zero-order chi connectivity index (χ0) is 13.1. The highest BCUT2D eigenvalue weighted by molar-refractivity contribution is 5.89. The van der Waals surface area contributed by atoms with Crippen molar-refractivity contribution in [3.8, 4) is 12.3 Å². The maximum Gasteiger partial charge on any atom is 0.337 e. The lowest BCUT2D eigenvalue weighted by Crippen LogP contribution is -2.27. The SMILES string of the molecule is C#CCN(CC1CC1)c1ccc(C(=O)O)c(C)n1. The van der Waals surface area contributed by atoms with Gasteiger partial charge >= 0.3 is 5.97 Å². The minimum atomic E-state index is -0.947. The van der Waals surface area contributed by atoms with Gasteiger partial charge in [-0.05, 0) is 37.8 Å². The number of carbonyl (C=O) groups is 1. The molecule has 0 unspecified atom stereocenters. The molecule has 0 aliphatic heterocycles. The third-order valence-corrected chi connectivity index (χ3v) is 3.08. The van der Waals surface area contributed by atoms with Crippen LogP contribution in [0, 0.1) is 25.2 Å². The number of terminal acetylenes is 1. The van der Waals surface area contributed by atoms with E-state index in [1.165, 1.54) is 12.8 Å². The summed E-state index contributed by atoms with van der Waals surface area (Å²) in [5.41, 5.74) is 0.767. The molecule has 0 spiro atoms. The molecular weight excluding hydrogens is 228 g/mol. The smallest absolute Gasteiger partial charge is 0.337 e. The molecule has 18 heavy (non-hydrogen) atoms. The van der Waals surface area contributed by atoms with Crippen molar-refractivity contribution in [2.24, 2.45) is 5.92 Å².